The molecular formula is C10H19Cl2OSiTi-. The van der Waals surface area contributed by atoms with Gasteiger partial charge in [-0.05, 0) is 26.1 Å². The molecule has 0 bridgehead atoms. The topological polar surface area (TPSA) is 9.23 Å². The average molecular weight is 302 g/mol. The van der Waals surface area contributed by atoms with Crippen LogP contribution in [0, 0.1) is 6.08 Å². The maximum Gasteiger partial charge on any atom is 0.187 e. The first kappa shape index (κ1) is 21.3. The van der Waals surface area contributed by atoms with Crippen molar-refractivity contribution in [2.45, 2.75) is 32.5 Å². The molecule has 1 nitrogen and oxygen atoms in total. The Labute approximate surface area is 122 Å². The van der Waals surface area contributed by atoms with Crippen LogP contribution in [0.2, 0.25) is 19.1 Å². The second-order valence-electron chi connectivity index (χ2n) is 3.68. The first-order chi connectivity index (χ1) is 5.64. The van der Waals surface area contributed by atoms with E-state index < -0.39 is 8.32 Å². The first-order valence-electron chi connectivity index (χ1n) is 4.54. The zero-order valence-electron chi connectivity index (χ0n) is 9.50. The van der Waals surface area contributed by atoms with Crippen molar-refractivity contribution in [2.24, 2.45) is 0 Å². The van der Waals surface area contributed by atoms with Crippen molar-refractivity contribution >= 4 is 33.1 Å². The quantitative estimate of drug-likeness (QED) is 0.567. The van der Waals surface area contributed by atoms with Crippen molar-refractivity contribution in [2.75, 3.05) is 6.61 Å². The van der Waals surface area contributed by atoms with Crippen molar-refractivity contribution in [1.29, 1.82) is 0 Å². The molecule has 0 unspecified atom stereocenters. The maximum absolute atomic E-state index is 5.74. The molecule has 0 aromatic rings. The summed E-state index contributed by atoms with van der Waals surface area (Å²) in [6.45, 7) is 7.43. The molecule has 0 fully saturated rings. The minimum absolute atomic E-state index is 0. The predicted octanol–water partition coefficient (Wildman–Crippen LogP) is 3.76. The van der Waals surface area contributed by atoms with Crippen LogP contribution < -0.4 is 0 Å². The minimum atomic E-state index is -1.42. The number of rotatable bonds is 4. The van der Waals surface area contributed by atoms with E-state index in [1.807, 2.05) is 0 Å². The molecular weight excluding hydrogens is 283 g/mol. The third-order valence-corrected chi connectivity index (χ3v) is 4.22. The van der Waals surface area contributed by atoms with Crippen molar-refractivity contribution in [3.8, 4) is 0 Å². The van der Waals surface area contributed by atoms with Gasteiger partial charge in [-0.3, -0.25) is 6.08 Å². The van der Waals surface area contributed by atoms with Gasteiger partial charge >= 0.3 is 0 Å². The molecule has 5 heteroatoms. The van der Waals surface area contributed by atoms with Crippen LogP contribution in [0.25, 0.3) is 0 Å². The van der Waals surface area contributed by atoms with Crippen LogP contribution >= 0.6 is 24.8 Å². The molecule has 0 spiro atoms. The molecule has 0 saturated carbocycles. The molecule has 0 aromatic heterocycles. The Balaban J connectivity index is -0.000000480. The number of hydrogen-bond acceptors (Lipinski definition) is 1. The van der Waals surface area contributed by atoms with Crippen LogP contribution in [-0.4, -0.2) is 14.9 Å². The van der Waals surface area contributed by atoms with Gasteiger partial charge in [-0.25, -0.2) is 11.6 Å². The van der Waals surface area contributed by atoms with Crippen LogP contribution in [0.3, 0.4) is 0 Å². The van der Waals surface area contributed by atoms with Gasteiger partial charge in [0.15, 0.2) is 8.32 Å². The van der Waals surface area contributed by atoms with Gasteiger partial charge < -0.3 is 4.43 Å². The summed E-state index contributed by atoms with van der Waals surface area (Å²) in [4.78, 5) is 0. The molecule has 0 saturated heterocycles. The normalized spacial score (nSPS) is 13.4. The van der Waals surface area contributed by atoms with Crippen LogP contribution in [0.1, 0.15) is 13.3 Å². The second-order valence-corrected chi connectivity index (χ2v) is 7.84. The third kappa shape index (κ3) is 8.73. The molecule has 0 heterocycles. The molecule has 1 rings (SSSR count). The molecule has 0 N–H and O–H groups in total. The van der Waals surface area contributed by atoms with Crippen LogP contribution in [0.15, 0.2) is 17.7 Å². The van der Waals surface area contributed by atoms with Gasteiger partial charge in [-0.2, -0.15) is 6.08 Å². The number of hydrogen-bond donors (Lipinski definition) is 0. The van der Waals surface area contributed by atoms with Gasteiger partial charge in [0.05, 0.1) is 0 Å². The summed E-state index contributed by atoms with van der Waals surface area (Å²) in [7, 11) is -1.42. The number of allylic oxidation sites excluding steroid dienone is 4. The molecule has 0 aliphatic heterocycles. The fourth-order valence-corrected chi connectivity index (χ4v) is 3.52. The summed E-state index contributed by atoms with van der Waals surface area (Å²) in [6.07, 6.45) is 8.66. The van der Waals surface area contributed by atoms with E-state index in [0.717, 1.165) is 19.1 Å². The third-order valence-electron chi connectivity index (χ3n) is 1.92. The van der Waals surface area contributed by atoms with Gasteiger partial charge in [-0.1, -0.05) is 0 Å². The van der Waals surface area contributed by atoms with Crippen molar-refractivity contribution in [1.82, 2.24) is 0 Å². The van der Waals surface area contributed by atoms with E-state index in [9.17, 15) is 0 Å². The predicted molar refractivity (Wildman–Crippen MR) is 68.9 cm³/mol. The van der Waals surface area contributed by atoms with Gasteiger partial charge in [0.2, 0.25) is 0 Å². The molecule has 88 valence electrons. The Kier molecular flexibility index (Phi) is 14.4. The fraction of sp³-hybridized carbons (Fsp3) is 0.600. The Morgan fingerprint density at radius 3 is 2.40 bits per heavy atom. The molecule has 1 aliphatic rings. The van der Waals surface area contributed by atoms with E-state index in [2.05, 4.69) is 38.2 Å². The summed E-state index contributed by atoms with van der Waals surface area (Å²) in [5.74, 6) is 0. The van der Waals surface area contributed by atoms with E-state index in [-0.39, 0.29) is 46.5 Å². The van der Waals surface area contributed by atoms with E-state index in [0.29, 0.717) is 0 Å². The zero-order valence-corrected chi connectivity index (χ0v) is 13.7. The van der Waals surface area contributed by atoms with Crippen molar-refractivity contribution in [3.63, 3.8) is 0 Å². The van der Waals surface area contributed by atoms with Crippen LogP contribution in [-0.2, 0) is 26.1 Å². The Bertz CT molecular complexity index is 217. The van der Waals surface area contributed by atoms with Gasteiger partial charge in [-0.15, -0.1) is 31.2 Å². The molecule has 0 amide bonds. The number of halogens is 2. The fourth-order valence-electron chi connectivity index (χ4n) is 1.47. The first-order valence-corrected chi connectivity index (χ1v) is 7.66. The van der Waals surface area contributed by atoms with Crippen LogP contribution in [0.5, 0.6) is 0 Å². The van der Waals surface area contributed by atoms with Crippen molar-refractivity contribution in [3.05, 3.63) is 23.8 Å². The van der Waals surface area contributed by atoms with E-state index >= 15 is 0 Å². The zero-order chi connectivity index (χ0) is 9.03. The standard InChI is InChI=1S/C10H17OSi.2ClH.Ti/c1-4-11-12(2,3)9-10-7-5-6-8-10;;;/h5,7H,4,6,9H2,1-3H3;2*1H;/q-1;;;. The largest absolute Gasteiger partial charge is 0.417 e. The summed E-state index contributed by atoms with van der Waals surface area (Å²) < 4.78 is 5.74. The van der Waals surface area contributed by atoms with E-state index in [4.69, 9.17) is 4.43 Å². The average Bonchev–Trinajstić information content (AvgIpc) is 2.38. The smallest absolute Gasteiger partial charge is 0.187 e. The summed E-state index contributed by atoms with van der Waals surface area (Å²) >= 11 is 0. The monoisotopic (exact) mass is 301 g/mol. The minimum Gasteiger partial charge on any atom is -0.417 e. The summed E-state index contributed by atoms with van der Waals surface area (Å²) in [6, 6.07) is 1.11. The molecule has 15 heavy (non-hydrogen) atoms. The Hall–Kier alpha value is 0.951. The molecule has 1 aliphatic carbocycles. The van der Waals surface area contributed by atoms with E-state index in [1.165, 1.54) is 5.57 Å². The SMILES string of the molecule is CCO[Si](C)(C)CC1=[C-]CC=C1.Cl.Cl.[Ti]. The Morgan fingerprint density at radius 1 is 1.40 bits per heavy atom. The van der Waals surface area contributed by atoms with Crippen molar-refractivity contribution < 1.29 is 26.1 Å². The molecule has 0 atom stereocenters. The Morgan fingerprint density at radius 2 is 2.00 bits per heavy atom. The van der Waals surface area contributed by atoms with Gasteiger partial charge in [0.1, 0.15) is 0 Å². The molecule has 0 radical (unpaired) electrons. The molecule has 0 aromatic carbocycles. The maximum atomic E-state index is 5.74. The second kappa shape index (κ2) is 10.1. The van der Waals surface area contributed by atoms with Gasteiger partial charge in [0, 0.05) is 28.3 Å². The summed E-state index contributed by atoms with van der Waals surface area (Å²) in [5.41, 5.74) is 1.35. The summed E-state index contributed by atoms with van der Waals surface area (Å²) in [5, 5.41) is 0. The van der Waals surface area contributed by atoms with E-state index in [1.54, 1.807) is 0 Å². The van der Waals surface area contributed by atoms with Crippen LogP contribution in [0.4, 0.5) is 0 Å². The van der Waals surface area contributed by atoms with Gasteiger partial charge in [0.25, 0.3) is 0 Å².